The van der Waals surface area contributed by atoms with E-state index in [1.807, 2.05) is 4.91 Å². The van der Waals surface area contributed by atoms with Crippen LogP contribution >= 0.6 is 0 Å². The molecule has 0 aromatic carbocycles. The Morgan fingerprint density at radius 1 is 1.07 bits per heavy atom. The average molecular weight is 237 g/mol. The van der Waals surface area contributed by atoms with E-state index in [-0.39, 0.29) is 0 Å². The van der Waals surface area contributed by atoms with E-state index in [9.17, 15) is 26.3 Å². The van der Waals surface area contributed by atoms with Gasteiger partial charge in [0.2, 0.25) is 0 Å². The molecule has 0 aromatic rings. The summed E-state index contributed by atoms with van der Waals surface area (Å²) >= 11 is 0. The van der Waals surface area contributed by atoms with E-state index in [4.69, 9.17) is 10.6 Å². The molecule has 0 rings (SSSR count). The Kier molecular flexibility index (Phi) is 3.83. The molecule has 15 heavy (non-hydrogen) atoms. The molecule has 0 amide bonds. The summed E-state index contributed by atoms with van der Waals surface area (Å²) in [5, 5.41) is 11.0. The summed E-state index contributed by atoms with van der Waals surface area (Å²) in [7, 11) is 0. The van der Waals surface area contributed by atoms with Crippen molar-refractivity contribution in [1.82, 2.24) is 0 Å². The molecular weight excluding hydrogens is 232 g/mol. The van der Waals surface area contributed by atoms with Crippen LogP contribution in [0.1, 0.15) is 6.42 Å². The molecule has 0 unspecified atom stereocenters. The molecule has 0 aliphatic carbocycles. The topological polar surface area (TPSA) is 69.0 Å². The van der Waals surface area contributed by atoms with Gasteiger partial charge in [-0.05, 0) is 12.0 Å². The van der Waals surface area contributed by atoms with Crippen LogP contribution < -0.4 is 0 Å². The lowest BCUT2D eigenvalue weighted by molar-refractivity contribution is -0.369. The summed E-state index contributed by atoms with van der Waals surface area (Å²) in [5.74, 6) is 0. The average Bonchev–Trinajstić information content (AvgIpc) is 2.00. The molecule has 0 atom stereocenters. The molecule has 0 aliphatic rings. The molecule has 0 spiro atoms. The highest BCUT2D eigenvalue weighted by Crippen LogP contribution is 2.45. The first-order valence-electron chi connectivity index (χ1n) is 3.43. The van der Waals surface area contributed by atoms with Gasteiger partial charge in [-0.2, -0.15) is 26.3 Å². The van der Waals surface area contributed by atoms with Crippen molar-refractivity contribution in [2.24, 2.45) is 5.11 Å². The highest BCUT2D eigenvalue weighted by Gasteiger charge is 2.69. The Morgan fingerprint density at radius 3 is 1.73 bits per heavy atom. The lowest BCUT2D eigenvalue weighted by atomic mass is 9.98. The van der Waals surface area contributed by atoms with Gasteiger partial charge in [-0.15, -0.1) is 0 Å². The number of nitrogens with zero attached hydrogens (tertiary/aromatic N) is 3. The lowest BCUT2D eigenvalue weighted by Crippen LogP contribution is -2.57. The first-order valence-corrected chi connectivity index (χ1v) is 3.43. The van der Waals surface area contributed by atoms with E-state index in [0.29, 0.717) is 0 Å². The fraction of sp³-hybridized carbons (Fsp3) is 1.00. The van der Waals surface area contributed by atoms with E-state index in [0.717, 1.165) is 0 Å². The standard InChI is InChI=1S/C5H5F6N3O/c6-4(7,8)3(15,5(9,10)11)1-2-13-14-12/h15H,1-2H2. The van der Waals surface area contributed by atoms with Crippen molar-refractivity contribution >= 4 is 0 Å². The van der Waals surface area contributed by atoms with Crippen molar-refractivity contribution in [1.29, 1.82) is 0 Å². The Hall–Kier alpha value is -1.15. The van der Waals surface area contributed by atoms with E-state index in [1.165, 1.54) is 0 Å². The zero-order valence-corrected chi connectivity index (χ0v) is 6.97. The summed E-state index contributed by atoms with van der Waals surface area (Å²) in [6.07, 6.45) is -13.5. The van der Waals surface area contributed by atoms with Crippen LogP contribution in [0.2, 0.25) is 0 Å². The van der Waals surface area contributed by atoms with Gasteiger partial charge in [-0.3, -0.25) is 0 Å². The third-order valence-corrected chi connectivity index (χ3v) is 1.57. The molecule has 0 radical (unpaired) electrons. The van der Waals surface area contributed by atoms with Crippen LogP contribution in [0.5, 0.6) is 0 Å². The molecule has 1 N–H and O–H groups in total. The fourth-order valence-electron chi connectivity index (χ4n) is 0.701. The van der Waals surface area contributed by atoms with Crippen molar-refractivity contribution in [3.63, 3.8) is 0 Å². The molecule has 0 aromatic heterocycles. The smallest absolute Gasteiger partial charge is 0.374 e. The summed E-state index contributed by atoms with van der Waals surface area (Å²) in [6.45, 7) is -1.11. The van der Waals surface area contributed by atoms with Crippen LogP contribution in [0.3, 0.4) is 0 Å². The van der Waals surface area contributed by atoms with Gasteiger partial charge >= 0.3 is 12.4 Å². The number of alkyl halides is 6. The molecule has 10 heteroatoms. The molecule has 88 valence electrons. The number of aliphatic hydroxyl groups is 1. The van der Waals surface area contributed by atoms with Gasteiger partial charge in [-0.1, -0.05) is 5.11 Å². The Bertz CT molecular complexity index is 251. The van der Waals surface area contributed by atoms with Crippen molar-refractivity contribution in [2.75, 3.05) is 6.54 Å². The van der Waals surface area contributed by atoms with E-state index in [1.54, 1.807) is 0 Å². The van der Waals surface area contributed by atoms with E-state index < -0.39 is 30.9 Å². The largest absolute Gasteiger partial charge is 0.426 e. The maximum absolute atomic E-state index is 11.9. The number of hydrogen-bond donors (Lipinski definition) is 1. The fourth-order valence-corrected chi connectivity index (χ4v) is 0.701. The molecule has 0 saturated carbocycles. The second-order valence-corrected chi connectivity index (χ2v) is 2.56. The molecule has 0 bridgehead atoms. The van der Waals surface area contributed by atoms with Crippen LogP contribution in [0.4, 0.5) is 26.3 Å². The van der Waals surface area contributed by atoms with Crippen LogP contribution in [0, 0.1) is 0 Å². The Morgan fingerprint density at radius 2 is 1.47 bits per heavy atom. The zero-order valence-electron chi connectivity index (χ0n) is 6.97. The van der Waals surface area contributed by atoms with E-state index >= 15 is 0 Å². The molecule has 0 saturated heterocycles. The van der Waals surface area contributed by atoms with Crippen LogP contribution in [-0.4, -0.2) is 29.6 Å². The van der Waals surface area contributed by atoms with Crippen LogP contribution in [0.25, 0.3) is 10.4 Å². The molecular formula is C5H5F6N3O. The highest BCUT2D eigenvalue weighted by atomic mass is 19.4. The molecule has 4 nitrogen and oxygen atoms in total. The number of azide groups is 1. The minimum atomic E-state index is -5.86. The quantitative estimate of drug-likeness (QED) is 0.348. The second kappa shape index (κ2) is 4.15. The predicted molar refractivity (Wildman–Crippen MR) is 35.7 cm³/mol. The van der Waals surface area contributed by atoms with Gasteiger partial charge < -0.3 is 5.11 Å². The van der Waals surface area contributed by atoms with Gasteiger partial charge in [0.05, 0.1) is 0 Å². The Labute approximate surface area is 79.1 Å². The third-order valence-electron chi connectivity index (χ3n) is 1.57. The number of rotatable bonds is 3. The maximum Gasteiger partial charge on any atom is 0.426 e. The molecule has 0 fully saturated rings. The summed E-state index contributed by atoms with van der Waals surface area (Å²) in [4.78, 5) is 1.98. The number of halogens is 6. The number of hydrogen-bond acceptors (Lipinski definition) is 2. The van der Waals surface area contributed by atoms with Crippen molar-refractivity contribution in [2.45, 2.75) is 24.4 Å². The SMILES string of the molecule is [N-]=[N+]=NCCC(O)(C(F)(F)F)C(F)(F)F. The van der Waals surface area contributed by atoms with Crippen molar-refractivity contribution < 1.29 is 31.4 Å². The maximum atomic E-state index is 11.9. The summed E-state index contributed by atoms with van der Waals surface area (Å²) in [6, 6.07) is 0. The molecule has 0 aliphatic heterocycles. The minimum Gasteiger partial charge on any atom is -0.374 e. The minimum absolute atomic E-state index is 1.11. The monoisotopic (exact) mass is 237 g/mol. The van der Waals surface area contributed by atoms with Gasteiger partial charge in [0.1, 0.15) is 0 Å². The Balaban J connectivity index is 4.97. The van der Waals surface area contributed by atoms with Gasteiger partial charge in [-0.25, -0.2) is 0 Å². The van der Waals surface area contributed by atoms with Gasteiger partial charge in [0, 0.05) is 11.5 Å². The normalized spacial score (nSPS) is 13.5. The van der Waals surface area contributed by atoms with Crippen LogP contribution in [-0.2, 0) is 0 Å². The predicted octanol–water partition coefficient (Wildman–Crippen LogP) is 2.54. The van der Waals surface area contributed by atoms with Crippen LogP contribution in [0.15, 0.2) is 5.11 Å². The van der Waals surface area contributed by atoms with E-state index in [2.05, 4.69) is 5.11 Å². The van der Waals surface area contributed by atoms with Crippen molar-refractivity contribution in [3.05, 3.63) is 10.4 Å². The lowest BCUT2D eigenvalue weighted by Gasteiger charge is -2.31. The first kappa shape index (κ1) is 13.8. The second-order valence-electron chi connectivity index (χ2n) is 2.56. The summed E-state index contributed by atoms with van der Waals surface area (Å²) in [5.41, 5.74) is 2.84. The van der Waals surface area contributed by atoms with Gasteiger partial charge in [0.25, 0.3) is 5.60 Å². The van der Waals surface area contributed by atoms with Crippen molar-refractivity contribution in [3.8, 4) is 0 Å². The zero-order chi connectivity index (χ0) is 12.3. The van der Waals surface area contributed by atoms with Gasteiger partial charge in [0.15, 0.2) is 0 Å². The summed E-state index contributed by atoms with van der Waals surface area (Å²) < 4.78 is 71.5. The molecule has 0 heterocycles. The first-order chi connectivity index (χ1) is 6.56. The third kappa shape index (κ3) is 2.90. The highest BCUT2D eigenvalue weighted by molar-refractivity contribution is 4.94.